The van der Waals surface area contributed by atoms with Gasteiger partial charge in [-0.05, 0) is 66.9 Å². The normalized spacial score (nSPS) is 11.9. The van der Waals surface area contributed by atoms with Crippen molar-refractivity contribution in [3.05, 3.63) is 106 Å². The predicted molar refractivity (Wildman–Crippen MR) is 110 cm³/mol. The number of nitrogens with zero attached hydrogens (tertiary/aromatic N) is 1. The zero-order valence-corrected chi connectivity index (χ0v) is 15.8. The zero-order chi connectivity index (χ0) is 18.4. The molecule has 0 atom stereocenters. The molecular formula is C22H17ClFNS. The van der Waals surface area contributed by atoms with E-state index in [-0.39, 0.29) is 5.82 Å². The number of thioether (sulfide) groups is 1. The average molecular weight is 382 g/mol. The van der Waals surface area contributed by atoms with Gasteiger partial charge in [-0.25, -0.2) is 9.38 Å². The maximum Gasteiger partial charge on any atom is 0.123 e. The van der Waals surface area contributed by atoms with Crippen LogP contribution >= 0.6 is 23.4 Å². The van der Waals surface area contributed by atoms with Crippen molar-refractivity contribution >= 4 is 34.8 Å². The van der Waals surface area contributed by atoms with Crippen LogP contribution in [0.5, 0.6) is 0 Å². The maximum atomic E-state index is 13.0. The topological polar surface area (TPSA) is 12.4 Å². The molecule has 3 aromatic rings. The molecule has 3 aromatic carbocycles. The summed E-state index contributed by atoms with van der Waals surface area (Å²) >= 11 is 7.65. The van der Waals surface area contributed by atoms with Crippen LogP contribution in [-0.4, -0.2) is 5.71 Å². The monoisotopic (exact) mass is 381 g/mol. The van der Waals surface area contributed by atoms with Crippen molar-refractivity contribution in [3.63, 3.8) is 0 Å². The molecule has 0 spiro atoms. The lowest BCUT2D eigenvalue weighted by atomic mass is 10.1. The number of hydrogen-bond donors (Lipinski definition) is 0. The van der Waals surface area contributed by atoms with Gasteiger partial charge in [-0.1, -0.05) is 53.2 Å². The summed E-state index contributed by atoms with van der Waals surface area (Å²) in [5, 5.41) is 2.61. The number of rotatable bonds is 5. The Morgan fingerprint density at radius 3 is 2.42 bits per heavy atom. The Morgan fingerprint density at radius 2 is 1.73 bits per heavy atom. The lowest BCUT2D eigenvalue weighted by molar-refractivity contribution is 0.626. The van der Waals surface area contributed by atoms with E-state index in [4.69, 9.17) is 16.6 Å². The van der Waals surface area contributed by atoms with Crippen molar-refractivity contribution in [2.75, 3.05) is 0 Å². The van der Waals surface area contributed by atoms with E-state index in [1.54, 1.807) is 12.1 Å². The van der Waals surface area contributed by atoms with Gasteiger partial charge in [-0.2, -0.15) is 0 Å². The fourth-order valence-electron chi connectivity index (χ4n) is 2.29. The number of halogens is 2. The number of allylic oxidation sites excluding steroid dienone is 1. The fraction of sp³-hybridized carbons (Fsp3) is 0.0455. The van der Waals surface area contributed by atoms with Crippen molar-refractivity contribution < 1.29 is 4.39 Å². The fourth-order valence-corrected chi connectivity index (χ4v) is 3.13. The van der Waals surface area contributed by atoms with Gasteiger partial charge < -0.3 is 0 Å². The third kappa shape index (κ3) is 5.32. The molecule has 130 valence electrons. The average Bonchev–Trinajstić information content (AvgIpc) is 2.64. The van der Waals surface area contributed by atoms with E-state index in [1.807, 2.05) is 66.9 Å². The van der Waals surface area contributed by atoms with Crippen LogP contribution in [0.3, 0.4) is 0 Å². The van der Waals surface area contributed by atoms with Crippen LogP contribution in [0.25, 0.3) is 0 Å². The van der Waals surface area contributed by atoms with Crippen LogP contribution in [0.2, 0.25) is 5.02 Å². The number of aryl methyl sites for hydroxylation is 1. The standard InChI is InChI=1S/C22H17ClFNS/c1-16-5-9-20(10-6-16)25-22(17-3-2-4-18(23)15-17)13-14-26-21-11-7-19(24)8-12-21/h2-15H,1H3. The summed E-state index contributed by atoms with van der Waals surface area (Å²) < 4.78 is 13.0. The van der Waals surface area contributed by atoms with Gasteiger partial charge in [0, 0.05) is 15.5 Å². The molecule has 3 rings (SSSR count). The second kappa shape index (κ2) is 8.84. The van der Waals surface area contributed by atoms with Crippen molar-refractivity contribution in [1.82, 2.24) is 0 Å². The molecule has 0 aliphatic heterocycles. The summed E-state index contributed by atoms with van der Waals surface area (Å²) in [4.78, 5) is 5.72. The molecule has 0 bridgehead atoms. The van der Waals surface area contributed by atoms with Gasteiger partial charge in [-0.15, -0.1) is 0 Å². The third-order valence-corrected chi connectivity index (χ3v) is 4.70. The Balaban J connectivity index is 1.88. The second-order valence-corrected chi connectivity index (χ2v) is 7.13. The molecule has 0 fully saturated rings. The van der Waals surface area contributed by atoms with Crippen molar-refractivity contribution in [2.45, 2.75) is 11.8 Å². The highest BCUT2D eigenvalue weighted by Crippen LogP contribution is 2.22. The smallest absolute Gasteiger partial charge is 0.123 e. The van der Waals surface area contributed by atoms with E-state index in [0.29, 0.717) is 5.02 Å². The predicted octanol–water partition coefficient (Wildman–Crippen LogP) is 7.21. The van der Waals surface area contributed by atoms with Gasteiger partial charge in [0.1, 0.15) is 5.82 Å². The van der Waals surface area contributed by atoms with Crippen LogP contribution in [-0.2, 0) is 0 Å². The zero-order valence-electron chi connectivity index (χ0n) is 14.2. The number of benzene rings is 3. The Labute approximate surface area is 162 Å². The van der Waals surface area contributed by atoms with Crippen LogP contribution in [0, 0.1) is 12.7 Å². The van der Waals surface area contributed by atoms with Crippen LogP contribution in [0.4, 0.5) is 10.1 Å². The Bertz CT molecular complexity index is 931. The summed E-state index contributed by atoms with van der Waals surface area (Å²) in [5.74, 6) is -0.237. The van der Waals surface area contributed by atoms with Crippen LogP contribution in [0.1, 0.15) is 11.1 Å². The van der Waals surface area contributed by atoms with Gasteiger partial charge >= 0.3 is 0 Å². The molecule has 0 aliphatic rings. The minimum absolute atomic E-state index is 0.237. The molecule has 0 amide bonds. The Hall–Kier alpha value is -2.36. The largest absolute Gasteiger partial charge is 0.248 e. The first kappa shape index (κ1) is 18.4. The third-order valence-electron chi connectivity index (χ3n) is 3.65. The van der Waals surface area contributed by atoms with E-state index in [0.717, 1.165) is 21.9 Å². The Kier molecular flexibility index (Phi) is 6.26. The minimum Gasteiger partial charge on any atom is -0.248 e. The molecule has 4 heteroatoms. The van der Waals surface area contributed by atoms with Crippen molar-refractivity contribution in [2.24, 2.45) is 4.99 Å². The van der Waals surface area contributed by atoms with E-state index >= 15 is 0 Å². The summed E-state index contributed by atoms with van der Waals surface area (Å²) in [6.07, 6.45) is 1.94. The molecule has 0 radical (unpaired) electrons. The first-order chi connectivity index (χ1) is 12.6. The highest BCUT2D eigenvalue weighted by molar-refractivity contribution is 8.02. The summed E-state index contributed by atoms with van der Waals surface area (Å²) in [6, 6.07) is 22.1. The number of aliphatic imine (C=N–C) groups is 1. The summed E-state index contributed by atoms with van der Waals surface area (Å²) in [7, 11) is 0. The van der Waals surface area contributed by atoms with Crippen molar-refractivity contribution in [3.8, 4) is 0 Å². The SMILES string of the molecule is Cc1ccc(N=C(C=CSc2ccc(F)cc2)c2cccc(Cl)c2)cc1. The van der Waals surface area contributed by atoms with E-state index < -0.39 is 0 Å². The first-order valence-electron chi connectivity index (χ1n) is 8.10. The molecule has 0 unspecified atom stereocenters. The van der Waals surface area contributed by atoms with Crippen molar-refractivity contribution in [1.29, 1.82) is 0 Å². The molecule has 26 heavy (non-hydrogen) atoms. The highest BCUT2D eigenvalue weighted by atomic mass is 35.5. The molecule has 1 nitrogen and oxygen atoms in total. The molecule has 0 aromatic heterocycles. The molecule has 0 aliphatic carbocycles. The second-order valence-electron chi connectivity index (χ2n) is 5.72. The Morgan fingerprint density at radius 1 is 1.00 bits per heavy atom. The molecule has 0 N–H and O–H groups in total. The molecule has 0 heterocycles. The van der Waals surface area contributed by atoms with Crippen LogP contribution < -0.4 is 0 Å². The van der Waals surface area contributed by atoms with Gasteiger partial charge in [0.15, 0.2) is 0 Å². The summed E-state index contributed by atoms with van der Waals surface area (Å²) in [6.45, 7) is 2.05. The molecular weight excluding hydrogens is 365 g/mol. The van der Waals surface area contributed by atoms with Gasteiger partial charge in [0.2, 0.25) is 0 Å². The van der Waals surface area contributed by atoms with E-state index in [9.17, 15) is 4.39 Å². The van der Waals surface area contributed by atoms with E-state index in [2.05, 4.69) is 0 Å². The van der Waals surface area contributed by atoms with Gasteiger partial charge in [-0.3, -0.25) is 0 Å². The lowest BCUT2D eigenvalue weighted by Crippen LogP contribution is -1.96. The maximum absolute atomic E-state index is 13.0. The van der Waals surface area contributed by atoms with Gasteiger partial charge in [0.25, 0.3) is 0 Å². The highest BCUT2D eigenvalue weighted by Gasteiger charge is 2.02. The lowest BCUT2D eigenvalue weighted by Gasteiger charge is -2.04. The summed E-state index contributed by atoms with van der Waals surface area (Å²) in [5.41, 5.74) is 3.82. The minimum atomic E-state index is -0.237. The first-order valence-corrected chi connectivity index (χ1v) is 9.36. The van der Waals surface area contributed by atoms with Crippen LogP contribution in [0.15, 0.2) is 94.2 Å². The number of hydrogen-bond acceptors (Lipinski definition) is 2. The molecule has 0 saturated heterocycles. The molecule has 0 saturated carbocycles. The van der Waals surface area contributed by atoms with E-state index in [1.165, 1.54) is 29.5 Å². The quantitative estimate of drug-likeness (QED) is 0.336. The van der Waals surface area contributed by atoms with Gasteiger partial charge in [0.05, 0.1) is 11.4 Å².